The van der Waals surface area contributed by atoms with E-state index in [4.69, 9.17) is 28.3 Å². The minimum atomic E-state index is -1.53. The molecule has 0 saturated heterocycles. The third-order valence-corrected chi connectivity index (χ3v) is 8.84. The van der Waals surface area contributed by atoms with Gasteiger partial charge in [-0.2, -0.15) is 11.8 Å². The smallest absolute Gasteiger partial charge is 0.303 e. The molecule has 0 unspecified atom stereocenters. The van der Waals surface area contributed by atoms with E-state index in [2.05, 4.69) is 37.2 Å². The minimum Gasteiger partial charge on any atom is -0.481 e. The maximum Gasteiger partial charge on any atom is 0.303 e. The summed E-state index contributed by atoms with van der Waals surface area (Å²) in [6, 6.07) is -8.05. The number of carbonyl (C=O) groups excluding carboxylic acids is 9. The first kappa shape index (κ1) is 52.3. The standard InChI is InChI=1S/C34H60N12O11S/c1-17(2)16-24(33(57)42-19(28(37)52)7-10-25(35)48)46-29(53)20(6-5-14-40-34(38)39)43-32(56)23(13-15-58-4)45-31(55)22(9-12-27(50)51)44-30(54)21(41-18(3)47)8-11-26(36)49/h17,19-24H,5-16H2,1-4H3,(H2,35,48)(H2,36,49)(H2,37,52)(H,41,47)(H,42,57)(H,43,56)(H,44,54)(H,45,55)(H,46,53)(H,50,51)(H4,38,39,40)/t19-,20-,21-,22-,23-,24-/m0/s1. The number of hydrogen-bond donors (Lipinski definition) is 13. The SMILES string of the molecule is CSCC[C@H](NC(=O)[C@H](CCC(=O)O)NC(=O)[C@H](CCC(N)=O)NC(C)=O)C(=O)N[C@@H](CCCNC(=N)N)C(=O)N[C@@H](CC(C)C)C(=O)N[C@@H](CCC(N)=O)C(N)=O. The van der Waals surface area contributed by atoms with Crippen LogP contribution in [0.2, 0.25) is 0 Å². The molecule has 0 aromatic heterocycles. The number of amides is 9. The number of carboxylic acid groups (broad SMARTS) is 1. The van der Waals surface area contributed by atoms with Gasteiger partial charge in [0.15, 0.2) is 5.96 Å². The monoisotopic (exact) mass is 844 g/mol. The van der Waals surface area contributed by atoms with Crippen molar-refractivity contribution in [3.63, 3.8) is 0 Å². The fourth-order valence-corrected chi connectivity index (χ4v) is 5.75. The highest BCUT2D eigenvalue weighted by atomic mass is 32.2. The Labute approximate surface area is 340 Å². The highest BCUT2D eigenvalue weighted by Crippen LogP contribution is 2.10. The predicted octanol–water partition coefficient (Wildman–Crippen LogP) is -4.14. The zero-order valence-corrected chi connectivity index (χ0v) is 34.1. The quantitative estimate of drug-likeness (QED) is 0.0186. The van der Waals surface area contributed by atoms with Crippen molar-refractivity contribution >= 4 is 76.9 Å². The second-order valence-corrected chi connectivity index (χ2v) is 14.8. The Bertz CT molecular complexity index is 1480. The summed E-state index contributed by atoms with van der Waals surface area (Å²) in [7, 11) is 0. The van der Waals surface area contributed by atoms with Gasteiger partial charge < -0.3 is 65.3 Å². The van der Waals surface area contributed by atoms with Gasteiger partial charge in [0.05, 0.1) is 0 Å². The Hall–Kier alpha value is -5.68. The van der Waals surface area contributed by atoms with E-state index in [0.29, 0.717) is 5.75 Å². The van der Waals surface area contributed by atoms with Gasteiger partial charge in [-0.15, -0.1) is 0 Å². The van der Waals surface area contributed by atoms with E-state index in [-0.39, 0.29) is 69.8 Å². The molecule has 0 aromatic rings. The molecule has 0 saturated carbocycles. The number of aliphatic carboxylic acids is 1. The predicted molar refractivity (Wildman–Crippen MR) is 212 cm³/mol. The first-order valence-corrected chi connectivity index (χ1v) is 19.9. The summed E-state index contributed by atoms with van der Waals surface area (Å²) >= 11 is 1.32. The summed E-state index contributed by atoms with van der Waals surface area (Å²) < 4.78 is 0. The van der Waals surface area contributed by atoms with E-state index < -0.39 is 108 Å². The molecule has 328 valence electrons. The van der Waals surface area contributed by atoms with Crippen LogP contribution in [0.1, 0.15) is 85.0 Å². The zero-order chi connectivity index (χ0) is 44.5. The zero-order valence-electron chi connectivity index (χ0n) is 33.3. The van der Waals surface area contributed by atoms with Crippen LogP contribution in [0.25, 0.3) is 0 Å². The lowest BCUT2D eigenvalue weighted by Gasteiger charge is -2.28. The third kappa shape index (κ3) is 23.4. The molecule has 0 heterocycles. The lowest BCUT2D eigenvalue weighted by atomic mass is 10.0. The van der Waals surface area contributed by atoms with E-state index >= 15 is 0 Å². The normalized spacial score (nSPS) is 13.9. The summed E-state index contributed by atoms with van der Waals surface area (Å²) in [4.78, 5) is 126. The maximum absolute atomic E-state index is 13.8. The molecule has 0 rings (SSSR count). The molecule has 58 heavy (non-hydrogen) atoms. The Balaban J connectivity index is 6.49. The summed E-state index contributed by atoms with van der Waals surface area (Å²) in [5.41, 5.74) is 21.1. The lowest BCUT2D eigenvalue weighted by molar-refractivity contribution is -0.138. The molecule has 23 nitrogen and oxygen atoms in total. The van der Waals surface area contributed by atoms with Crippen LogP contribution >= 0.6 is 11.8 Å². The van der Waals surface area contributed by atoms with Crippen molar-refractivity contribution in [2.24, 2.45) is 28.9 Å². The summed E-state index contributed by atoms with van der Waals surface area (Å²) in [5, 5.41) is 34.2. The maximum atomic E-state index is 13.8. The van der Waals surface area contributed by atoms with Crippen LogP contribution in [-0.2, 0) is 47.9 Å². The number of thioether (sulfide) groups is 1. The van der Waals surface area contributed by atoms with Gasteiger partial charge in [0.2, 0.25) is 53.2 Å². The Morgan fingerprint density at radius 1 is 0.586 bits per heavy atom. The molecule has 0 spiro atoms. The lowest BCUT2D eigenvalue weighted by Crippen LogP contribution is -2.60. The summed E-state index contributed by atoms with van der Waals surface area (Å²) in [5.74, 6) is -8.93. The van der Waals surface area contributed by atoms with Crippen molar-refractivity contribution in [1.29, 1.82) is 5.41 Å². The molecule has 0 fully saturated rings. The fraction of sp³-hybridized carbons (Fsp3) is 0.676. The highest BCUT2D eigenvalue weighted by Gasteiger charge is 2.33. The molecule has 0 radical (unpaired) electrons. The number of rotatable bonds is 30. The molecule has 6 atom stereocenters. The number of carboxylic acids is 1. The van der Waals surface area contributed by atoms with Crippen LogP contribution in [0.15, 0.2) is 0 Å². The molecule has 24 heteroatoms. The molecule has 9 amide bonds. The van der Waals surface area contributed by atoms with Gasteiger partial charge in [0, 0.05) is 32.7 Å². The van der Waals surface area contributed by atoms with Crippen molar-refractivity contribution < 1.29 is 53.1 Å². The van der Waals surface area contributed by atoms with Crippen molar-refractivity contribution in [3.05, 3.63) is 0 Å². The van der Waals surface area contributed by atoms with Gasteiger partial charge in [-0.3, -0.25) is 53.4 Å². The van der Waals surface area contributed by atoms with Crippen LogP contribution < -0.4 is 60.2 Å². The van der Waals surface area contributed by atoms with Crippen LogP contribution in [0.5, 0.6) is 0 Å². The minimum absolute atomic E-state index is 0.00385. The van der Waals surface area contributed by atoms with Gasteiger partial charge >= 0.3 is 5.97 Å². The Morgan fingerprint density at radius 3 is 1.40 bits per heavy atom. The average Bonchev–Trinajstić information content (AvgIpc) is 3.11. The van der Waals surface area contributed by atoms with Gasteiger partial charge in [0.1, 0.15) is 36.3 Å². The number of guanidine groups is 1. The number of carbonyl (C=O) groups is 10. The van der Waals surface area contributed by atoms with Crippen molar-refractivity contribution in [2.45, 2.75) is 121 Å². The van der Waals surface area contributed by atoms with Crippen LogP contribution in [0, 0.1) is 11.3 Å². The fourth-order valence-electron chi connectivity index (χ4n) is 5.28. The van der Waals surface area contributed by atoms with Gasteiger partial charge in [-0.25, -0.2) is 0 Å². The second kappa shape index (κ2) is 27.8. The molecular formula is C34H60N12O11S. The second-order valence-electron chi connectivity index (χ2n) is 13.8. The number of primary amides is 3. The number of nitrogens with one attached hydrogen (secondary N) is 8. The van der Waals surface area contributed by atoms with Crippen LogP contribution in [-0.4, -0.2) is 125 Å². The average molecular weight is 845 g/mol. The first-order chi connectivity index (χ1) is 27.1. The summed E-state index contributed by atoms with van der Waals surface area (Å²) in [6.45, 7) is 4.77. The largest absolute Gasteiger partial charge is 0.481 e. The molecule has 0 aliphatic heterocycles. The summed E-state index contributed by atoms with van der Waals surface area (Å²) in [6.07, 6.45) is -0.0560. The first-order valence-electron chi connectivity index (χ1n) is 18.5. The molecule has 0 bridgehead atoms. The topological polar surface area (TPSA) is 403 Å². The van der Waals surface area contributed by atoms with Gasteiger partial charge in [-0.05, 0) is 62.9 Å². The van der Waals surface area contributed by atoms with E-state index in [1.165, 1.54) is 11.8 Å². The molecular weight excluding hydrogens is 785 g/mol. The van der Waals surface area contributed by atoms with Gasteiger partial charge in [-0.1, -0.05) is 13.8 Å². The highest BCUT2D eigenvalue weighted by molar-refractivity contribution is 7.98. The molecule has 17 N–H and O–H groups in total. The Kier molecular flexibility index (Phi) is 25.1. The Morgan fingerprint density at radius 2 is 0.983 bits per heavy atom. The van der Waals surface area contributed by atoms with Crippen molar-refractivity contribution in [1.82, 2.24) is 37.2 Å². The number of hydrogen-bond acceptors (Lipinski definition) is 12. The van der Waals surface area contributed by atoms with Gasteiger partial charge in [0.25, 0.3) is 0 Å². The third-order valence-electron chi connectivity index (χ3n) is 8.19. The van der Waals surface area contributed by atoms with Crippen molar-refractivity contribution in [3.8, 4) is 0 Å². The van der Waals surface area contributed by atoms with E-state index in [0.717, 1.165) is 6.92 Å². The van der Waals surface area contributed by atoms with Crippen molar-refractivity contribution in [2.75, 3.05) is 18.6 Å². The van der Waals surface area contributed by atoms with Crippen LogP contribution in [0.3, 0.4) is 0 Å². The number of nitrogens with two attached hydrogens (primary N) is 4. The van der Waals surface area contributed by atoms with E-state index in [9.17, 15) is 53.1 Å². The molecule has 0 aromatic carbocycles. The molecule has 0 aliphatic rings. The molecule has 0 aliphatic carbocycles. The van der Waals surface area contributed by atoms with E-state index in [1.54, 1.807) is 20.1 Å². The van der Waals surface area contributed by atoms with Crippen LogP contribution in [0.4, 0.5) is 0 Å². The van der Waals surface area contributed by atoms with E-state index in [1.807, 2.05) is 0 Å².